The third kappa shape index (κ3) is 4.30. The van der Waals surface area contributed by atoms with E-state index in [4.69, 9.17) is 0 Å². The Morgan fingerprint density at radius 3 is 2.62 bits per heavy atom. The molecule has 0 aliphatic rings. The number of hydrogen-bond donors (Lipinski definition) is 2. The first-order valence-electron chi connectivity index (χ1n) is 8.81. The van der Waals surface area contributed by atoms with Crippen LogP contribution in [0.3, 0.4) is 0 Å². The molecule has 0 saturated heterocycles. The Kier molecular flexibility index (Phi) is 5.08. The van der Waals surface area contributed by atoms with Crippen molar-refractivity contribution >= 4 is 38.6 Å². The molecule has 0 bridgehead atoms. The molecule has 0 aliphatic carbocycles. The largest absolute Gasteiger partial charge is 0.351 e. The normalized spacial score (nSPS) is 11.5. The number of pyridine rings is 1. The summed E-state index contributed by atoms with van der Waals surface area (Å²) in [5.41, 5.74) is 3.02. The Morgan fingerprint density at radius 2 is 1.90 bits per heavy atom. The highest BCUT2D eigenvalue weighted by atomic mass is 32.2. The number of rotatable bonds is 6. The molecule has 0 radical (unpaired) electrons. The van der Waals surface area contributed by atoms with Crippen molar-refractivity contribution < 1.29 is 13.2 Å². The molecular weight excluding hydrogens is 408 g/mol. The highest BCUT2D eigenvalue weighted by molar-refractivity contribution is 7.94. The van der Waals surface area contributed by atoms with Gasteiger partial charge in [0, 0.05) is 35.4 Å². The number of thiophene rings is 1. The molecule has 29 heavy (non-hydrogen) atoms. The van der Waals surface area contributed by atoms with E-state index in [1.54, 1.807) is 18.2 Å². The van der Waals surface area contributed by atoms with Crippen molar-refractivity contribution in [2.45, 2.75) is 17.7 Å². The maximum absolute atomic E-state index is 12.6. The van der Waals surface area contributed by atoms with Crippen LogP contribution in [0.15, 0.2) is 71.2 Å². The molecule has 0 unspecified atom stereocenters. The lowest BCUT2D eigenvalue weighted by atomic mass is 10.1. The van der Waals surface area contributed by atoms with Gasteiger partial charge in [-0.25, -0.2) is 13.4 Å². The van der Waals surface area contributed by atoms with Gasteiger partial charge in [-0.15, -0.1) is 11.3 Å². The lowest BCUT2D eigenvalue weighted by Crippen LogP contribution is -2.18. The summed E-state index contributed by atoms with van der Waals surface area (Å²) in [5.74, 6) is -0.161. The maximum Gasteiger partial charge on any atom is 0.271 e. The van der Waals surface area contributed by atoms with Crippen LogP contribution in [0.2, 0.25) is 0 Å². The second-order valence-corrected chi connectivity index (χ2v) is 9.48. The van der Waals surface area contributed by atoms with Gasteiger partial charge in [0.2, 0.25) is 5.91 Å². The summed E-state index contributed by atoms with van der Waals surface area (Å²) in [7, 11) is -3.69. The van der Waals surface area contributed by atoms with Crippen molar-refractivity contribution in [1.82, 2.24) is 14.7 Å². The van der Waals surface area contributed by atoms with E-state index < -0.39 is 10.0 Å². The second-order valence-electron chi connectivity index (χ2n) is 6.41. The minimum atomic E-state index is -3.69. The quantitative estimate of drug-likeness (QED) is 0.494. The van der Waals surface area contributed by atoms with Gasteiger partial charge in [-0.1, -0.05) is 18.2 Å². The number of hydrogen-bond acceptors (Lipinski definition) is 5. The van der Waals surface area contributed by atoms with Gasteiger partial charge in [-0.05, 0) is 36.4 Å². The van der Waals surface area contributed by atoms with Crippen LogP contribution in [0.1, 0.15) is 11.8 Å². The fourth-order valence-electron chi connectivity index (χ4n) is 2.80. The van der Waals surface area contributed by atoms with Crippen molar-refractivity contribution in [3.05, 3.63) is 71.9 Å². The average Bonchev–Trinajstić information content (AvgIpc) is 3.34. The van der Waals surface area contributed by atoms with Gasteiger partial charge in [0.05, 0.1) is 12.2 Å². The highest BCUT2D eigenvalue weighted by Gasteiger charge is 2.17. The lowest BCUT2D eigenvalue weighted by Gasteiger charge is -2.07. The number of amides is 1. The van der Waals surface area contributed by atoms with Gasteiger partial charge >= 0.3 is 0 Å². The van der Waals surface area contributed by atoms with Gasteiger partial charge in [-0.3, -0.25) is 9.52 Å². The molecule has 0 fully saturated rings. The van der Waals surface area contributed by atoms with E-state index in [9.17, 15) is 13.2 Å². The summed E-state index contributed by atoms with van der Waals surface area (Å²) < 4.78 is 30.0. The summed E-state index contributed by atoms with van der Waals surface area (Å²) in [6.45, 7) is 1.73. The second kappa shape index (κ2) is 7.69. The van der Waals surface area contributed by atoms with E-state index in [-0.39, 0.29) is 10.1 Å². The zero-order valence-corrected chi connectivity index (χ0v) is 17.1. The highest BCUT2D eigenvalue weighted by Crippen LogP contribution is 2.26. The molecule has 0 saturated carbocycles. The molecule has 9 heteroatoms. The van der Waals surface area contributed by atoms with E-state index in [0.29, 0.717) is 12.2 Å². The van der Waals surface area contributed by atoms with Crippen LogP contribution in [-0.2, 0) is 21.4 Å². The number of nitrogens with zero attached hydrogens (tertiary/aromatic N) is 2. The summed E-state index contributed by atoms with van der Waals surface area (Å²) in [6.07, 6.45) is 3.85. The topological polar surface area (TPSA) is 92.6 Å². The first kappa shape index (κ1) is 19.2. The third-order valence-electron chi connectivity index (χ3n) is 4.21. The van der Waals surface area contributed by atoms with Crippen LogP contribution >= 0.6 is 11.3 Å². The van der Waals surface area contributed by atoms with Crippen LogP contribution < -0.4 is 10.0 Å². The molecule has 7 nitrogen and oxygen atoms in total. The van der Waals surface area contributed by atoms with Crippen molar-refractivity contribution in [1.29, 1.82) is 0 Å². The summed E-state index contributed by atoms with van der Waals surface area (Å²) in [5, 5.41) is 2.66. The molecule has 0 aliphatic heterocycles. The SMILES string of the molecule is CC(=O)NCc1ccc(S(=O)(=O)Nc2ccc(-c3cn4ccccc4n3)cc2)s1. The molecule has 1 amide bonds. The monoisotopic (exact) mass is 426 g/mol. The number of imidazole rings is 1. The number of anilines is 1. The van der Waals surface area contributed by atoms with Crippen LogP contribution in [0, 0.1) is 0 Å². The van der Waals surface area contributed by atoms with E-state index in [1.807, 2.05) is 47.1 Å². The molecule has 4 aromatic rings. The fourth-order valence-corrected chi connectivity index (χ4v) is 5.15. The number of fused-ring (bicyclic) bond motifs is 1. The number of nitrogens with one attached hydrogen (secondary N) is 2. The zero-order valence-electron chi connectivity index (χ0n) is 15.5. The van der Waals surface area contributed by atoms with Crippen LogP contribution in [0.5, 0.6) is 0 Å². The molecule has 1 aromatic carbocycles. The standard InChI is InChI=1S/C20H18N4O3S2/c1-14(25)21-12-17-9-10-20(28-17)29(26,27)23-16-7-5-15(6-8-16)18-13-24-11-3-2-4-19(24)22-18/h2-11,13,23H,12H2,1H3,(H,21,25). The molecule has 3 heterocycles. The zero-order chi connectivity index (χ0) is 20.4. The summed E-state index contributed by atoms with van der Waals surface area (Å²) in [6, 6.07) is 16.1. The number of sulfonamides is 1. The van der Waals surface area contributed by atoms with Crippen molar-refractivity contribution in [3.8, 4) is 11.3 Å². The van der Waals surface area contributed by atoms with Gasteiger partial charge < -0.3 is 9.72 Å². The van der Waals surface area contributed by atoms with Crippen LogP contribution in [0.4, 0.5) is 5.69 Å². The Hall–Kier alpha value is -3.17. The minimum absolute atomic E-state index is 0.161. The summed E-state index contributed by atoms with van der Waals surface area (Å²) in [4.78, 5) is 16.3. The van der Waals surface area contributed by atoms with Gasteiger partial charge in [0.1, 0.15) is 9.86 Å². The maximum atomic E-state index is 12.6. The Bertz CT molecular complexity index is 1240. The third-order valence-corrected chi connectivity index (χ3v) is 7.17. The fraction of sp³-hybridized carbons (Fsp3) is 0.100. The van der Waals surface area contributed by atoms with Crippen LogP contribution in [0.25, 0.3) is 16.9 Å². The molecule has 3 aromatic heterocycles. The smallest absolute Gasteiger partial charge is 0.271 e. The average molecular weight is 427 g/mol. The van der Waals surface area contributed by atoms with E-state index in [0.717, 1.165) is 33.1 Å². The molecule has 0 spiro atoms. The van der Waals surface area contributed by atoms with Gasteiger partial charge in [0.25, 0.3) is 10.0 Å². The van der Waals surface area contributed by atoms with E-state index >= 15 is 0 Å². The van der Waals surface area contributed by atoms with Crippen molar-refractivity contribution in [2.75, 3.05) is 4.72 Å². The van der Waals surface area contributed by atoms with E-state index in [2.05, 4.69) is 15.0 Å². The number of aromatic nitrogens is 2. The van der Waals surface area contributed by atoms with Crippen LogP contribution in [-0.4, -0.2) is 23.7 Å². The number of carbonyl (C=O) groups is 1. The lowest BCUT2D eigenvalue weighted by molar-refractivity contribution is -0.119. The van der Waals surface area contributed by atoms with Crippen molar-refractivity contribution in [2.24, 2.45) is 0 Å². The molecule has 4 rings (SSSR count). The first-order chi connectivity index (χ1) is 13.9. The molecule has 2 N–H and O–H groups in total. The molecule has 0 atom stereocenters. The predicted octanol–water partition coefficient (Wildman–Crippen LogP) is 3.50. The Balaban J connectivity index is 1.49. The van der Waals surface area contributed by atoms with E-state index in [1.165, 1.54) is 13.0 Å². The van der Waals surface area contributed by atoms with Crippen molar-refractivity contribution in [3.63, 3.8) is 0 Å². The Morgan fingerprint density at radius 1 is 1.10 bits per heavy atom. The van der Waals surface area contributed by atoms with Gasteiger partial charge in [-0.2, -0.15) is 0 Å². The first-order valence-corrected chi connectivity index (χ1v) is 11.1. The Labute approximate surface area is 172 Å². The minimum Gasteiger partial charge on any atom is -0.351 e. The predicted molar refractivity (Wildman–Crippen MR) is 113 cm³/mol. The number of benzene rings is 1. The molecule has 148 valence electrons. The summed E-state index contributed by atoms with van der Waals surface area (Å²) >= 11 is 1.13. The molecular formula is C20H18N4O3S2. The van der Waals surface area contributed by atoms with Gasteiger partial charge in [0.15, 0.2) is 0 Å². The number of carbonyl (C=O) groups excluding carboxylic acids is 1.